The number of para-hydroxylation sites is 2. The zero-order valence-electron chi connectivity index (χ0n) is 65.6. The van der Waals surface area contributed by atoms with Gasteiger partial charge in [0.2, 0.25) is 0 Å². The number of benzene rings is 10. The molecule has 0 fully saturated rings. The number of hydrogen-bond donors (Lipinski definition) is 0. The third kappa shape index (κ3) is 10.1. The summed E-state index contributed by atoms with van der Waals surface area (Å²) in [4.78, 5) is 4.71. The number of ether oxygens (including phenoxy) is 1. The number of fused-ring (bicyclic) bond motifs is 4. The van der Waals surface area contributed by atoms with E-state index in [0.717, 1.165) is 22.1 Å². The van der Waals surface area contributed by atoms with Crippen molar-refractivity contribution < 1.29 is 59.2 Å². The van der Waals surface area contributed by atoms with Gasteiger partial charge in [-0.2, -0.15) is 18.2 Å². The zero-order valence-corrected chi connectivity index (χ0v) is 46.9. The van der Waals surface area contributed by atoms with Gasteiger partial charge in [0.25, 0.3) is 6.33 Å². The van der Waals surface area contributed by atoms with Crippen molar-refractivity contribution in [3.05, 3.63) is 271 Å². The Balaban J connectivity index is 0.00000982. The van der Waals surface area contributed by atoms with Crippen LogP contribution in [0.15, 0.2) is 236 Å². The average molecular weight is 1250 g/mol. The maximum absolute atomic E-state index is 10.2. The molecular weight excluding hydrogens is 1170 g/mol. The summed E-state index contributed by atoms with van der Waals surface area (Å²) < 4.78 is 199. The van der Waals surface area contributed by atoms with Gasteiger partial charge in [0.05, 0.1) is 41.4 Å². The van der Waals surface area contributed by atoms with E-state index in [2.05, 4.69) is 51.4 Å². The molecule has 0 radical (unpaired) electrons. The first-order chi connectivity index (χ1) is 47.5. The number of pyridine rings is 1. The summed E-state index contributed by atoms with van der Waals surface area (Å²) in [6.45, 7) is 9.40. The topological polar surface area (TPSA) is 35.9 Å². The van der Waals surface area contributed by atoms with Crippen LogP contribution in [-0.4, -0.2) is 14.1 Å². The van der Waals surface area contributed by atoms with E-state index in [1.807, 2.05) is 87.5 Å². The van der Waals surface area contributed by atoms with Crippen LogP contribution in [-0.2, 0) is 31.9 Å². The van der Waals surface area contributed by atoms with Crippen LogP contribution in [0.1, 0.15) is 87.0 Å². The standard InChI is InChI=1S/C75H60N4O.Pt/c1-50-41-72(76-48-66(50)54-25-15-10-16-26-54)79-68-32-18-17-29-64(68)65-39-38-62(47-70(65)79)80-61-28-19-27-60(46-61)77-49-78(69-40-35-55(45-71(69)77)53-33-36-59(37-34-53)74(2,3)4)73-63(30-20-31-67(73)75(5,6)7)58-43-56(51-21-11-8-12-22-51)42-57(44-58)52-23-13-9-14-24-52;/h8-45,48H,1-7H3;/q-2;/i1D3,8D,9D,10D,11D,12D,13D,14D,15D,16D,21D,22D,23D,24D,25D,26D,42D,43D,44D;. The molecule has 10 aromatic carbocycles. The Hall–Kier alpha value is -8.89. The SMILES string of the molecule is [2H]c1c([2H])c([2H])c(-c2cnc(-n3c4[c-]c(Oc5[c-]c(-n6[c-][n+](-c7c(-c8c([2H])c(-c9c([2H])c([2H])c([2H])c([2H])c9[2H])c([2H])c(-c9c([2H])c([2H])c([2H])c([2H])c9[2H])c8[2H])cccc7C(C)(C)C)c7ccc(-c8ccc(C(C)(C)C)cc8)cc76)ccc5)ccc4c4ccccc43)cc2C([2H])([2H])[2H])c([2H])c1[2H].[Pt]. The summed E-state index contributed by atoms with van der Waals surface area (Å²) in [5.41, 5.74) is 2.19. The largest absolute Gasteiger partial charge is 0.510 e. The van der Waals surface area contributed by atoms with Gasteiger partial charge >= 0.3 is 0 Å². The molecule has 3 heterocycles. The smallest absolute Gasteiger partial charge is 0.268 e. The Morgan fingerprint density at radius 1 is 0.531 bits per heavy atom. The minimum atomic E-state index is -2.85. The van der Waals surface area contributed by atoms with Crippen LogP contribution in [0.25, 0.3) is 106 Å². The van der Waals surface area contributed by atoms with Gasteiger partial charge < -0.3 is 13.9 Å². The molecule has 13 rings (SSSR count). The van der Waals surface area contributed by atoms with Gasteiger partial charge in [0.1, 0.15) is 5.82 Å². The Morgan fingerprint density at radius 3 is 1.85 bits per heavy atom. The number of aromatic nitrogens is 4. The molecular formula is C75H60N4OPt-2. The van der Waals surface area contributed by atoms with E-state index in [0.29, 0.717) is 44.4 Å². The fraction of sp³-hybridized carbons (Fsp3) is 0.120. The first-order valence-electron chi connectivity index (χ1n) is 36.3. The molecule has 3 aromatic heterocycles. The molecule has 0 saturated carbocycles. The van der Waals surface area contributed by atoms with E-state index in [4.69, 9.17) is 28.9 Å². The maximum Gasteiger partial charge on any atom is 0.268 e. The normalized spacial score (nSPS) is 15.6. The molecule has 13 aromatic rings. The maximum atomic E-state index is 10.2. The van der Waals surface area contributed by atoms with E-state index in [-0.39, 0.29) is 71.6 Å². The first-order valence-corrected chi connectivity index (χ1v) is 25.8. The van der Waals surface area contributed by atoms with Crippen molar-refractivity contribution in [2.75, 3.05) is 0 Å². The van der Waals surface area contributed by atoms with Crippen LogP contribution in [0.2, 0.25) is 0 Å². The van der Waals surface area contributed by atoms with E-state index in [1.54, 1.807) is 50.1 Å². The Kier molecular flexibility index (Phi) is 8.84. The van der Waals surface area contributed by atoms with Gasteiger partial charge in [-0.05, 0) is 132 Å². The number of nitrogens with zero attached hydrogens (tertiary/aromatic N) is 4. The molecule has 0 amide bonds. The predicted molar refractivity (Wildman–Crippen MR) is 329 cm³/mol. The molecule has 81 heavy (non-hydrogen) atoms. The van der Waals surface area contributed by atoms with Gasteiger partial charge in [-0.3, -0.25) is 4.57 Å². The van der Waals surface area contributed by atoms with E-state index in [9.17, 15) is 9.60 Å². The average Bonchev–Trinajstić information content (AvgIpc) is 1.03. The van der Waals surface area contributed by atoms with Crippen LogP contribution >= 0.6 is 0 Å². The zero-order chi connectivity index (χ0) is 72.9. The second-order valence-electron chi connectivity index (χ2n) is 21.3. The van der Waals surface area contributed by atoms with Gasteiger partial charge in [0.15, 0.2) is 0 Å². The number of rotatable bonds is 10. The van der Waals surface area contributed by atoms with Gasteiger partial charge in [0, 0.05) is 54.0 Å². The van der Waals surface area contributed by atoms with Crippen molar-refractivity contribution in [2.45, 2.75) is 59.2 Å². The van der Waals surface area contributed by atoms with E-state index >= 15 is 0 Å². The van der Waals surface area contributed by atoms with Crippen molar-refractivity contribution >= 4 is 32.8 Å². The summed E-state index contributed by atoms with van der Waals surface area (Å²) in [5, 5.41) is 1.45. The molecule has 0 N–H and O–H groups in total. The van der Waals surface area contributed by atoms with Crippen molar-refractivity contribution in [3.63, 3.8) is 0 Å². The van der Waals surface area contributed by atoms with Gasteiger partial charge in [-0.25, -0.2) is 4.98 Å². The van der Waals surface area contributed by atoms with E-state index < -0.39 is 143 Å². The van der Waals surface area contributed by atoms with Crippen LogP contribution in [0.3, 0.4) is 0 Å². The van der Waals surface area contributed by atoms with Gasteiger partial charge in [-0.15, -0.1) is 29.7 Å². The second kappa shape index (κ2) is 21.3. The van der Waals surface area contributed by atoms with Crippen molar-refractivity contribution in [1.82, 2.24) is 14.1 Å². The van der Waals surface area contributed by atoms with E-state index in [1.165, 1.54) is 12.3 Å². The summed E-state index contributed by atoms with van der Waals surface area (Å²) in [6, 6.07) is 30.7. The minimum Gasteiger partial charge on any atom is -0.510 e. The van der Waals surface area contributed by atoms with Gasteiger partial charge in [-0.1, -0.05) is 210 Å². The molecule has 0 aliphatic heterocycles. The fourth-order valence-corrected chi connectivity index (χ4v) is 10.1. The van der Waals surface area contributed by atoms with Crippen molar-refractivity contribution in [1.29, 1.82) is 0 Å². The molecule has 0 unspecified atom stereocenters. The summed E-state index contributed by atoms with van der Waals surface area (Å²) in [6.07, 6.45) is 4.80. The van der Waals surface area contributed by atoms with Crippen LogP contribution in [0, 0.1) is 25.3 Å². The molecule has 0 aliphatic rings. The molecule has 0 bridgehead atoms. The molecule has 398 valence electrons. The fourth-order valence-electron chi connectivity index (χ4n) is 10.1. The predicted octanol–water partition coefficient (Wildman–Crippen LogP) is 18.8. The third-order valence-electron chi connectivity index (χ3n) is 14.0. The number of hydrogen-bond acceptors (Lipinski definition) is 2. The van der Waals surface area contributed by atoms with Crippen molar-refractivity contribution in [2.24, 2.45) is 0 Å². The molecule has 0 atom stereocenters. The summed E-state index contributed by atoms with van der Waals surface area (Å²) in [7, 11) is 0. The monoisotopic (exact) mass is 1250 g/mol. The second-order valence-corrected chi connectivity index (χ2v) is 21.3. The molecule has 0 saturated heterocycles. The van der Waals surface area contributed by atoms with Crippen LogP contribution in [0.5, 0.6) is 11.5 Å². The Bertz CT molecular complexity index is 5510. The Morgan fingerprint density at radius 2 is 1.17 bits per heavy atom. The Labute approximate surface area is 519 Å². The molecule has 0 aliphatic carbocycles. The molecule has 0 spiro atoms. The third-order valence-corrected chi connectivity index (χ3v) is 14.0. The van der Waals surface area contributed by atoms with Crippen LogP contribution < -0.4 is 9.30 Å². The number of aryl methyl sites for hydroxylation is 1. The molecule has 6 heteroatoms. The minimum absolute atomic E-state index is 0. The first kappa shape index (κ1) is 33.6. The number of imidazole rings is 1. The summed E-state index contributed by atoms with van der Waals surface area (Å²) in [5.74, 6) is 0.524. The quantitative estimate of drug-likeness (QED) is 0.101. The van der Waals surface area contributed by atoms with Crippen molar-refractivity contribution in [3.8, 4) is 84.3 Å². The van der Waals surface area contributed by atoms with Crippen LogP contribution in [0.4, 0.5) is 0 Å². The molecule has 5 nitrogen and oxygen atoms in total. The summed E-state index contributed by atoms with van der Waals surface area (Å²) >= 11 is 0.